The Morgan fingerprint density at radius 2 is 1.46 bits per heavy atom. The molecule has 2 aromatic carbocycles. The predicted octanol–water partition coefficient (Wildman–Crippen LogP) is 4.31. The van der Waals surface area contributed by atoms with Crippen molar-refractivity contribution in [3.8, 4) is 0 Å². The summed E-state index contributed by atoms with van der Waals surface area (Å²) in [6.45, 7) is 6.11. The third-order valence-electron chi connectivity index (χ3n) is 5.14. The maximum absolute atomic E-state index is 12.8. The number of rotatable bonds is 5. The number of sulfonamides is 1. The number of benzene rings is 2. The molecule has 0 radical (unpaired) electrons. The van der Waals surface area contributed by atoms with Gasteiger partial charge in [0.05, 0.1) is 4.90 Å². The summed E-state index contributed by atoms with van der Waals surface area (Å²) in [6.07, 6.45) is 3.99. The van der Waals surface area contributed by atoms with Crippen molar-refractivity contribution in [2.45, 2.75) is 63.4 Å². The third kappa shape index (κ3) is 4.46. The highest BCUT2D eigenvalue weighted by molar-refractivity contribution is 7.89. The van der Waals surface area contributed by atoms with Crippen LogP contribution >= 0.6 is 0 Å². The van der Waals surface area contributed by atoms with E-state index in [4.69, 9.17) is 0 Å². The van der Waals surface area contributed by atoms with Crippen LogP contribution in [0.5, 0.6) is 0 Å². The Bertz CT molecular complexity index is 860. The van der Waals surface area contributed by atoms with Gasteiger partial charge in [0.25, 0.3) is 0 Å². The molecule has 2 N–H and O–H groups in total. The van der Waals surface area contributed by atoms with Crippen LogP contribution in [-0.4, -0.2) is 20.5 Å². The summed E-state index contributed by atoms with van der Waals surface area (Å²) >= 11 is 0. The fourth-order valence-electron chi connectivity index (χ4n) is 3.52. The molecule has 26 heavy (non-hydrogen) atoms. The summed E-state index contributed by atoms with van der Waals surface area (Å²) in [6, 6.07) is 13.4. The second-order valence-electron chi connectivity index (χ2n) is 7.39. The lowest BCUT2D eigenvalue weighted by Crippen LogP contribution is -2.48. The first-order valence-electron chi connectivity index (χ1n) is 9.28. The van der Waals surface area contributed by atoms with E-state index in [1.807, 2.05) is 19.1 Å². The Kier molecular flexibility index (Phi) is 5.68. The van der Waals surface area contributed by atoms with Gasteiger partial charge in [0.1, 0.15) is 0 Å². The van der Waals surface area contributed by atoms with Gasteiger partial charge in [0.15, 0.2) is 0 Å². The Morgan fingerprint density at radius 1 is 0.846 bits per heavy atom. The Labute approximate surface area is 157 Å². The molecule has 2 aromatic rings. The molecule has 0 spiro atoms. The van der Waals surface area contributed by atoms with Crippen LogP contribution in [0.1, 0.15) is 42.4 Å². The molecule has 1 aliphatic rings. The number of hydrogen-bond acceptors (Lipinski definition) is 3. The minimum Gasteiger partial charge on any atom is -0.380 e. The monoisotopic (exact) mass is 372 g/mol. The summed E-state index contributed by atoms with van der Waals surface area (Å²) in [7, 11) is -3.51. The minimum absolute atomic E-state index is 0.101. The van der Waals surface area contributed by atoms with E-state index in [9.17, 15) is 8.42 Å². The molecule has 0 aliphatic heterocycles. The van der Waals surface area contributed by atoms with Crippen LogP contribution in [-0.2, 0) is 10.0 Å². The molecule has 2 unspecified atom stereocenters. The molecule has 1 saturated carbocycles. The van der Waals surface area contributed by atoms with E-state index < -0.39 is 10.0 Å². The molecule has 1 aliphatic carbocycles. The van der Waals surface area contributed by atoms with Crippen molar-refractivity contribution in [2.24, 2.45) is 0 Å². The standard InChI is InChI=1S/C21H28N2O2S/c1-15-9-12-18(13-10-15)26(24,25)23-20-7-5-4-6-19(20)22-21-14-16(2)8-11-17(21)3/h8-14,19-20,22-23H,4-7H2,1-3H3. The molecule has 140 valence electrons. The summed E-state index contributed by atoms with van der Waals surface area (Å²) in [4.78, 5) is 0.333. The van der Waals surface area contributed by atoms with Gasteiger partial charge in [-0.25, -0.2) is 13.1 Å². The maximum Gasteiger partial charge on any atom is 0.240 e. The van der Waals surface area contributed by atoms with Gasteiger partial charge in [-0.2, -0.15) is 0 Å². The van der Waals surface area contributed by atoms with E-state index in [2.05, 4.69) is 42.1 Å². The Hall–Kier alpha value is -1.85. The molecule has 0 bridgehead atoms. The van der Waals surface area contributed by atoms with Crippen LogP contribution in [0, 0.1) is 20.8 Å². The van der Waals surface area contributed by atoms with Crippen molar-refractivity contribution < 1.29 is 8.42 Å². The normalized spacial score (nSPS) is 20.7. The molecule has 1 fully saturated rings. The van der Waals surface area contributed by atoms with Crippen molar-refractivity contribution in [3.05, 3.63) is 59.2 Å². The summed E-state index contributed by atoms with van der Waals surface area (Å²) < 4.78 is 28.5. The molecule has 0 heterocycles. The summed E-state index contributed by atoms with van der Waals surface area (Å²) in [5.74, 6) is 0. The van der Waals surface area contributed by atoms with Gasteiger partial charge in [-0.05, 0) is 62.9 Å². The minimum atomic E-state index is -3.51. The first-order valence-corrected chi connectivity index (χ1v) is 10.8. The van der Waals surface area contributed by atoms with Gasteiger partial charge in [0.2, 0.25) is 10.0 Å². The smallest absolute Gasteiger partial charge is 0.240 e. The molecule has 3 rings (SSSR count). The van der Waals surface area contributed by atoms with Gasteiger partial charge in [0, 0.05) is 17.8 Å². The van der Waals surface area contributed by atoms with E-state index in [0.29, 0.717) is 4.90 Å². The van der Waals surface area contributed by atoms with Gasteiger partial charge >= 0.3 is 0 Å². The fourth-order valence-corrected chi connectivity index (χ4v) is 4.83. The zero-order valence-electron chi connectivity index (χ0n) is 15.7. The van der Waals surface area contributed by atoms with Gasteiger partial charge < -0.3 is 5.32 Å². The first kappa shape index (κ1) is 18.9. The Balaban J connectivity index is 1.78. The molecular formula is C21H28N2O2S. The van der Waals surface area contributed by atoms with Gasteiger partial charge in [-0.3, -0.25) is 0 Å². The van der Waals surface area contributed by atoms with Crippen molar-refractivity contribution in [1.29, 1.82) is 0 Å². The third-order valence-corrected chi connectivity index (χ3v) is 6.64. The van der Waals surface area contributed by atoms with Gasteiger partial charge in [-0.15, -0.1) is 0 Å². The quantitative estimate of drug-likeness (QED) is 0.822. The molecule has 0 saturated heterocycles. The van der Waals surface area contributed by atoms with Crippen LogP contribution in [0.4, 0.5) is 5.69 Å². The summed E-state index contributed by atoms with van der Waals surface area (Å²) in [5.41, 5.74) is 4.53. The van der Waals surface area contributed by atoms with Crippen molar-refractivity contribution >= 4 is 15.7 Å². The molecule has 4 nitrogen and oxygen atoms in total. The highest BCUT2D eigenvalue weighted by atomic mass is 32.2. The second-order valence-corrected chi connectivity index (χ2v) is 9.11. The topological polar surface area (TPSA) is 58.2 Å². The highest BCUT2D eigenvalue weighted by Gasteiger charge is 2.29. The highest BCUT2D eigenvalue weighted by Crippen LogP contribution is 2.26. The molecule has 5 heteroatoms. The molecule has 0 aromatic heterocycles. The fraction of sp³-hybridized carbons (Fsp3) is 0.429. The van der Waals surface area contributed by atoms with E-state index in [0.717, 1.165) is 36.9 Å². The number of hydrogen-bond donors (Lipinski definition) is 2. The maximum atomic E-state index is 12.8. The van der Waals surface area contributed by atoms with Crippen LogP contribution in [0.3, 0.4) is 0 Å². The van der Waals surface area contributed by atoms with Crippen LogP contribution in [0.15, 0.2) is 47.4 Å². The van der Waals surface area contributed by atoms with Crippen LogP contribution < -0.4 is 10.0 Å². The van der Waals surface area contributed by atoms with Crippen LogP contribution in [0.2, 0.25) is 0 Å². The first-order chi connectivity index (χ1) is 12.3. The number of nitrogens with one attached hydrogen (secondary N) is 2. The second kappa shape index (κ2) is 7.80. The molecule has 2 atom stereocenters. The molecular weight excluding hydrogens is 344 g/mol. The van der Waals surface area contributed by atoms with Crippen molar-refractivity contribution in [1.82, 2.24) is 4.72 Å². The van der Waals surface area contributed by atoms with Crippen molar-refractivity contribution in [2.75, 3.05) is 5.32 Å². The molecule has 0 amide bonds. The van der Waals surface area contributed by atoms with E-state index in [1.165, 1.54) is 11.1 Å². The van der Waals surface area contributed by atoms with E-state index in [-0.39, 0.29) is 12.1 Å². The zero-order chi connectivity index (χ0) is 18.7. The summed E-state index contributed by atoms with van der Waals surface area (Å²) in [5, 5.41) is 3.60. The van der Waals surface area contributed by atoms with Crippen LogP contribution in [0.25, 0.3) is 0 Å². The zero-order valence-corrected chi connectivity index (χ0v) is 16.6. The van der Waals surface area contributed by atoms with E-state index in [1.54, 1.807) is 12.1 Å². The number of aryl methyl sites for hydroxylation is 3. The average Bonchev–Trinajstić information content (AvgIpc) is 2.60. The SMILES string of the molecule is Cc1ccc(S(=O)(=O)NC2CCCCC2Nc2cc(C)ccc2C)cc1. The van der Waals surface area contributed by atoms with E-state index >= 15 is 0 Å². The largest absolute Gasteiger partial charge is 0.380 e. The predicted molar refractivity (Wildman–Crippen MR) is 107 cm³/mol. The lowest BCUT2D eigenvalue weighted by Gasteiger charge is -2.33. The lowest BCUT2D eigenvalue weighted by molar-refractivity contribution is 0.378. The average molecular weight is 373 g/mol. The van der Waals surface area contributed by atoms with Gasteiger partial charge in [-0.1, -0.05) is 42.7 Å². The lowest BCUT2D eigenvalue weighted by atomic mass is 9.90. The Morgan fingerprint density at radius 3 is 2.15 bits per heavy atom. The van der Waals surface area contributed by atoms with Crippen molar-refractivity contribution in [3.63, 3.8) is 0 Å². The number of anilines is 1.